The molecule has 2 heterocycles. The van der Waals surface area contributed by atoms with E-state index in [9.17, 15) is 4.79 Å². The van der Waals surface area contributed by atoms with E-state index < -0.39 is 0 Å². The molecule has 5 nitrogen and oxygen atoms in total. The van der Waals surface area contributed by atoms with Crippen molar-refractivity contribution >= 4 is 22.4 Å². The molecule has 2 aromatic rings. The lowest BCUT2D eigenvalue weighted by Gasteiger charge is -2.22. The second kappa shape index (κ2) is 7.27. The first-order valence-electron chi connectivity index (χ1n) is 9.38. The zero-order valence-corrected chi connectivity index (χ0v) is 16.1. The predicted molar refractivity (Wildman–Crippen MR) is 104 cm³/mol. The van der Waals surface area contributed by atoms with Crippen LogP contribution in [-0.4, -0.2) is 41.5 Å². The molecular weight excluding hydrogens is 346 g/mol. The quantitative estimate of drug-likeness (QED) is 0.868. The average Bonchev–Trinajstić information content (AvgIpc) is 3.31. The molecule has 2 fully saturated rings. The van der Waals surface area contributed by atoms with Gasteiger partial charge in [-0.2, -0.15) is 0 Å². The fourth-order valence-corrected chi connectivity index (χ4v) is 5.17. The number of para-hydroxylation sites is 1. The van der Waals surface area contributed by atoms with E-state index in [1.54, 1.807) is 0 Å². The summed E-state index contributed by atoms with van der Waals surface area (Å²) < 4.78 is 6.23. The van der Waals surface area contributed by atoms with Crippen molar-refractivity contribution < 1.29 is 9.53 Å². The van der Waals surface area contributed by atoms with Crippen LogP contribution in [0.15, 0.2) is 30.3 Å². The lowest BCUT2D eigenvalue weighted by atomic mass is 9.99. The highest BCUT2D eigenvalue weighted by atomic mass is 32.1. The number of anilines is 1. The van der Waals surface area contributed by atoms with Crippen LogP contribution in [0.1, 0.15) is 35.1 Å². The number of ether oxygens (including phenoxy) is 1. The molecule has 0 spiro atoms. The Labute approximate surface area is 158 Å². The van der Waals surface area contributed by atoms with Gasteiger partial charge >= 0.3 is 0 Å². The second-order valence-corrected chi connectivity index (χ2v) is 8.14. The summed E-state index contributed by atoms with van der Waals surface area (Å²) in [5.41, 5.74) is 0.824. The van der Waals surface area contributed by atoms with Crippen LogP contribution in [-0.2, 0) is 0 Å². The van der Waals surface area contributed by atoms with E-state index in [1.165, 1.54) is 11.3 Å². The minimum Gasteiger partial charge on any atom is -0.490 e. The summed E-state index contributed by atoms with van der Waals surface area (Å²) in [6, 6.07) is 10.0. The highest BCUT2D eigenvalue weighted by Gasteiger charge is 2.45. The Balaban J connectivity index is 1.44. The van der Waals surface area contributed by atoms with Crippen molar-refractivity contribution in [2.24, 2.45) is 11.8 Å². The van der Waals surface area contributed by atoms with Gasteiger partial charge in [0.2, 0.25) is 0 Å². The Bertz CT molecular complexity index is 777. The second-order valence-electron chi connectivity index (χ2n) is 7.14. The van der Waals surface area contributed by atoms with Crippen LogP contribution in [0.5, 0.6) is 5.75 Å². The number of hydrogen-bond acceptors (Lipinski definition) is 5. The zero-order valence-electron chi connectivity index (χ0n) is 15.3. The van der Waals surface area contributed by atoms with Crippen LogP contribution in [0.4, 0.5) is 5.13 Å². The number of benzene rings is 1. The fourth-order valence-electron chi connectivity index (χ4n) is 4.17. The number of rotatable bonds is 5. The molecule has 0 unspecified atom stereocenters. The summed E-state index contributed by atoms with van der Waals surface area (Å²) in [6.07, 6.45) is 2.42. The molecule has 1 aromatic heterocycles. The third-order valence-corrected chi connectivity index (χ3v) is 6.53. The monoisotopic (exact) mass is 371 g/mol. The van der Waals surface area contributed by atoms with Crippen molar-refractivity contribution in [1.29, 1.82) is 0 Å². The van der Waals surface area contributed by atoms with Crippen LogP contribution >= 0.6 is 11.3 Å². The Kier molecular flexibility index (Phi) is 4.85. The summed E-state index contributed by atoms with van der Waals surface area (Å²) in [7, 11) is 0. The molecule has 1 aliphatic heterocycles. The van der Waals surface area contributed by atoms with Gasteiger partial charge in [0.15, 0.2) is 5.13 Å². The lowest BCUT2D eigenvalue weighted by Crippen LogP contribution is -2.32. The molecular formula is C20H25N3O2S. The number of fused-ring (bicyclic) bond motifs is 1. The van der Waals surface area contributed by atoms with Crippen molar-refractivity contribution in [3.05, 3.63) is 40.9 Å². The highest BCUT2D eigenvalue weighted by Crippen LogP contribution is 2.41. The molecule has 138 valence electrons. The van der Waals surface area contributed by atoms with Gasteiger partial charge < -0.3 is 15.0 Å². The molecule has 0 radical (unpaired) electrons. The number of aryl methyl sites for hydroxylation is 1. The van der Waals surface area contributed by atoms with Crippen molar-refractivity contribution in [3.8, 4) is 5.75 Å². The average molecular weight is 372 g/mol. The topological polar surface area (TPSA) is 54.5 Å². The Hall–Kier alpha value is -2.08. The first-order valence-corrected chi connectivity index (χ1v) is 10.2. The summed E-state index contributed by atoms with van der Waals surface area (Å²) in [4.78, 5) is 20.3. The van der Waals surface area contributed by atoms with Gasteiger partial charge in [-0.1, -0.05) is 29.5 Å². The molecule has 3 atom stereocenters. The van der Waals surface area contributed by atoms with Crippen LogP contribution in [0, 0.1) is 18.8 Å². The minimum atomic E-state index is 0.122. The number of aromatic nitrogens is 1. The lowest BCUT2D eigenvalue weighted by molar-refractivity contribution is 0.0766. The van der Waals surface area contributed by atoms with E-state index in [0.717, 1.165) is 53.9 Å². The number of thiazole rings is 1. The number of amides is 1. The molecule has 1 aromatic carbocycles. The van der Waals surface area contributed by atoms with E-state index in [2.05, 4.69) is 10.3 Å². The molecule has 26 heavy (non-hydrogen) atoms. The molecule has 1 N–H and O–H groups in total. The van der Waals surface area contributed by atoms with E-state index >= 15 is 0 Å². The molecule has 1 amide bonds. The van der Waals surface area contributed by atoms with Crippen LogP contribution in [0.25, 0.3) is 0 Å². The third-order valence-electron chi connectivity index (χ3n) is 5.43. The Morgan fingerprint density at radius 3 is 2.88 bits per heavy atom. The van der Waals surface area contributed by atoms with Crippen LogP contribution in [0.3, 0.4) is 0 Å². The Morgan fingerprint density at radius 1 is 1.31 bits per heavy atom. The maximum atomic E-state index is 13.0. The minimum absolute atomic E-state index is 0.122. The van der Waals surface area contributed by atoms with Crippen LogP contribution in [0.2, 0.25) is 0 Å². The summed E-state index contributed by atoms with van der Waals surface area (Å²) in [5.74, 6) is 2.03. The van der Waals surface area contributed by atoms with Gasteiger partial charge in [-0.15, -0.1) is 0 Å². The van der Waals surface area contributed by atoms with Crippen molar-refractivity contribution in [3.63, 3.8) is 0 Å². The normalized spacial score (nSPS) is 24.5. The van der Waals surface area contributed by atoms with Gasteiger partial charge in [-0.3, -0.25) is 4.79 Å². The standard InChI is InChI=1S/C20H25N3O2S/c1-3-21-20-22-13(2)18(26-20)19(24)23-11-14-9-10-17(16(14)12-23)25-15-7-5-4-6-8-15/h4-8,14,16-17H,3,9-12H2,1-2H3,(H,21,22)/t14-,16+,17-/m0/s1. The number of nitrogens with zero attached hydrogens (tertiary/aromatic N) is 2. The summed E-state index contributed by atoms with van der Waals surface area (Å²) in [5, 5.41) is 4.04. The van der Waals surface area contributed by atoms with E-state index in [0.29, 0.717) is 11.8 Å². The SMILES string of the molecule is CCNc1nc(C)c(C(=O)N2C[C@@H]3CC[C@H](Oc4ccccc4)[C@@H]3C2)s1. The van der Waals surface area contributed by atoms with Gasteiger partial charge in [0.05, 0.1) is 5.69 Å². The molecule has 1 saturated heterocycles. The van der Waals surface area contributed by atoms with E-state index in [4.69, 9.17) is 4.74 Å². The van der Waals surface area contributed by atoms with Gasteiger partial charge in [-0.25, -0.2) is 4.98 Å². The number of carbonyl (C=O) groups excluding carboxylic acids is 1. The molecule has 4 rings (SSSR count). The van der Waals surface area contributed by atoms with Gasteiger partial charge in [0.25, 0.3) is 5.91 Å². The predicted octanol–water partition coefficient (Wildman–Crippen LogP) is 3.81. The summed E-state index contributed by atoms with van der Waals surface area (Å²) in [6.45, 7) is 6.39. The maximum Gasteiger partial charge on any atom is 0.265 e. The van der Waals surface area contributed by atoms with Crippen molar-refractivity contribution in [2.45, 2.75) is 32.8 Å². The number of hydrogen-bond donors (Lipinski definition) is 1. The molecule has 0 bridgehead atoms. The third kappa shape index (κ3) is 3.30. The first kappa shape index (κ1) is 17.3. The molecule has 1 aliphatic carbocycles. The maximum absolute atomic E-state index is 13.0. The number of likely N-dealkylation sites (tertiary alicyclic amines) is 1. The van der Waals surface area contributed by atoms with Crippen molar-refractivity contribution in [2.75, 3.05) is 25.0 Å². The summed E-state index contributed by atoms with van der Waals surface area (Å²) >= 11 is 1.47. The fraction of sp³-hybridized carbons (Fsp3) is 0.500. The highest BCUT2D eigenvalue weighted by molar-refractivity contribution is 7.17. The first-order chi connectivity index (χ1) is 12.7. The van der Waals surface area contributed by atoms with Gasteiger partial charge in [0, 0.05) is 25.6 Å². The zero-order chi connectivity index (χ0) is 18.1. The van der Waals surface area contributed by atoms with Crippen molar-refractivity contribution in [1.82, 2.24) is 9.88 Å². The molecule has 2 aliphatic rings. The Morgan fingerprint density at radius 2 is 2.12 bits per heavy atom. The van der Waals surface area contributed by atoms with E-state index in [1.807, 2.05) is 49.1 Å². The van der Waals surface area contributed by atoms with Gasteiger partial charge in [-0.05, 0) is 44.7 Å². The van der Waals surface area contributed by atoms with E-state index in [-0.39, 0.29) is 12.0 Å². The van der Waals surface area contributed by atoms with Crippen LogP contribution < -0.4 is 10.1 Å². The largest absolute Gasteiger partial charge is 0.490 e. The smallest absolute Gasteiger partial charge is 0.265 e. The number of nitrogens with one attached hydrogen (secondary N) is 1. The molecule has 6 heteroatoms. The van der Waals surface area contributed by atoms with Gasteiger partial charge in [0.1, 0.15) is 16.7 Å². The molecule has 1 saturated carbocycles. The number of carbonyl (C=O) groups is 1.